The van der Waals surface area contributed by atoms with Crippen molar-refractivity contribution in [2.24, 2.45) is 35.0 Å². The molecule has 3 fully saturated rings. The van der Waals surface area contributed by atoms with E-state index in [-0.39, 0.29) is 18.9 Å². The van der Waals surface area contributed by atoms with E-state index in [1.54, 1.807) is 0 Å². The molecule has 0 aliphatic heterocycles. The predicted octanol–water partition coefficient (Wildman–Crippen LogP) is 3.65. The normalized spacial score (nSPS) is 36.0. The van der Waals surface area contributed by atoms with Crippen molar-refractivity contribution in [2.75, 3.05) is 0 Å². The molecule has 0 aromatic carbocycles. The first-order valence-electron chi connectivity index (χ1n) is 9.59. The van der Waals surface area contributed by atoms with Gasteiger partial charge in [-0.05, 0) is 23.7 Å². The van der Waals surface area contributed by atoms with Crippen LogP contribution >= 0.6 is 0 Å². The van der Waals surface area contributed by atoms with Gasteiger partial charge in [-0.1, -0.05) is 86.5 Å². The summed E-state index contributed by atoms with van der Waals surface area (Å²) in [7, 11) is 0. The van der Waals surface area contributed by atoms with Crippen LogP contribution in [0.1, 0.15) is 75.2 Å². The van der Waals surface area contributed by atoms with E-state index in [0.717, 1.165) is 53.8 Å². The summed E-state index contributed by atoms with van der Waals surface area (Å²) in [5, 5.41) is 0. The average molecular weight is 297 g/mol. The van der Waals surface area contributed by atoms with Crippen LogP contribution < -0.4 is 18.9 Å². The van der Waals surface area contributed by atoms with E-state index in [1.807, 2.05) is 0 Å². The Labute approximate surface area is 153 Å². The first-order valence-corrected chi connectivity index (χ1v) is 9.59. The van der Waals surface area contributed by atoms with Crippen LogP contribution in [0, 0.1) is 35.0 Å². The molecule has 2 unspecified atom stereocenters. The van der Waals surface area contributed by atoms with Crippen molar-refractivity contribution in [2.45, 2.75) is 92.6 Å². The smallest absolute Gasteiger partial charge is 0.197 e. The molecule has 0 spiro atoms. The van der Waals surface area contributed by atoms with Crippen LogP contribution in [0.2, 0.25) is 17.5 Å². The van der Waals surface area contributed by atoms with Crippen molar-refractivity contribution in [3.8, 4) is 0 Å². The van der Waals surface area contributed by atoms with E-state index in [4.69, 9.17) is 0 Å². The second-order valence-electron chi connectivity index (χ2n) is 9.90. The Kier molecular flexibility index (Phi) is 6.84. The van der Waals surface area contributed by atoms with Crippen molar-refractivity contribution in [3.05, 3.63) is 0 Å². The van der Waals surface area contributed by atoms with Crippen molar-refractivity contribution < 1.29 is 18.9 Å². The molecule has 123 valence electrons. The Hall–Kier alpha value is 0.662. The quantitative estimate of drug-likeness (QED) is 0.680. The van der Waals surface area contributed by atoms with Crippen LogP contribution in [0.15, 0.2) is 0 Å². The third-order valence-electron chi connectivity index (χ3n) is 8.22. The molecule has 3 saturated carbocycles. The Morgan fingerprint density at radius 1 is 0.864 bits per heavy atom. The van der Waals surface area contributed by atoms with Crippen LogP contribution in [0.25, 0.3) is 0 Å². The molecular weight excluding hydrogens is 258 g/mol. The molecule has 3 rings (SSSR count). The monoisotopic (exact) mass is 297 g/mol. The van der Waals surface area contributed by atoms with Gasteiger partial charge in [0.15, 0.2) is 0 Å². The number of hydrogen-bond acceptors (Lipinski definition) is 0. The van der Waals surface area contributed by atoms with E-state index in [2.05, 4.69) is 62.3 Å². The molecule has 2 heteroatoms. The zero-order valence-electron chi connectivity index (χ0n) is 17.1. The fraction of sp³-hybridized carbons (Fsp3) is 1.00. The molecule has 3 aliphatic rings. The number of hydrogen-bond donors (Lipinski definition) is 0. The summed E-state index contributed by atoms with van der Waals surface area (Å²) in [4.78, 5) is 0. The van der Waals surface area contributed by atoms with Gasteiger partial charge in [0, 0.05) is 0 Å². The molecule has 6 atom stereocenters. The molecule has 0 heterocycles. The van der Waals surface area contributed by atoms with E-state index in [9.17, 15) is 0 Å². The maximum absolute atomic E-state index is 2.58. The van der Waals surface area contributed by atoms with Crippen molar-refractivity contribution in [1.29, 1.82) is 0 Å². The van der Waals surface area contributed by atoms with Gasteiger partial charge in [-0.15, -0.1) is 6.71 Å². The summed E-state index contributed by atoms with van der Waals surface area (Å²) in [5.74, 6) is 7.23. The van der Waals surface area contributed by atoms with Gasteiger partial charge < -0.3 is 0 Å². The summed E-state index contributed by atoms with van der Waals surface area (Å²) in [6.07, 6.45) is 3.02. The van der Waals surface area contributed by atoms with Gasteiger partial charge in [0.2, 0.25) is 0 Å². The maximum Gasteiger partial charge on any atom is 1.00 e. The zero-order chi connectivity index (χ0) is 16.1. The van der Waals surface area contributed by atoms with Crippen molar-refractivity contribution in [1.82, 2.24) is 0 Å². The van der Waals surface area contributed by atoms with Crippen LogP contribution in [0.3, 0.4) is 0 Å². The fourth-order valence-electron chi connectivity index (χ4n) is 5.85. The zero-order valence-corrected chi connectivity index (χ0v) is 17.1. The molecule has 0 saturated heterocycles. The summed E-state index contributed by atoms with van der Waals surface area (Å²) in [5.41, 5.74) is 0.628. The molecule has 0 N–H and O–H groups in total. The largest absolute Gasteiger partial charge is 1.00 e. The Morgan fingerprint density at radius 2 is 1.32 bits per heavy atom. The summed E-state index contributed by atoms with van der Waals surface area (Å²) < 4.78 is 0. The van der Waals surface area contributed by atoms with E-state index < -0.39 is 0 Å². The predicted molar refractivity (Wildman–Crippen MR) is 97.2 cm³/mol. The minimum Gasteiger partial charge on any atom is -0.197 e. The summed E-state index contributed by atoms with van der Waals surface area (Å²) >= 11 is 0. The average Bonchev–Trinajstić information content (AvgIpc) is 2.39. The second-order valence-corrected chi connectivity index (χ2v) is 9.90. The van der Waals surface area contributed by atoms with Crippen LogP contribution in [-0.4, -0.2) is 6.71 Å². The summed E-state index contributed by atoms with van der Waals surface area (Å²) in [6, 6.07) is 0. The van der Waals surface area contributed by atoms with E-state index >= 15 is 0 Å². The standard InChI is InChI=1S/C20H39B.Li/c1-12(2)15(6)21(16(7)13(3)4)19-11-17-10-18(14(19)5)20(17,8)9;/h12-19H,10-11H2,1-9H3;/q-1;+1/t14-,15?,16?,17+,18-,19-;/m0./s1. The second kappa shape index (κ2) is 7.27. The minimum absolute atomic E-state index is 0. The molecule has 2 bridgehead atoms. The molecule has 0 aromatic rings. The molecule has 0 amide bonds. The van der Waals surface area contributed by atoms with Gasteiger partial charge >= 0.3 is 18.9 Å². The van der Waals surface area contributed by atoms with Crippen LogP contribution in [0.5, 0.6) is 0 Å². The van der Waals surface area contributed by atoms with E-state index in [1.165, 1.54) is 12.8 Å². The Balaban J connectivity index is 0.00000242. The number of fused-ring (bicyclic) bond motifs is 2. The molecule has 0 aromatic heterocycles. The maximum atomic E-state index is 2.58. The molecule has 1 radical (unpaired) electrons. The van der Waals surface area contributed by atoms with Gasteiger partial charge in [0.25, 0.3) is 0 Å². The Morgan fingerprint density at radius 3 is 1.64 bits per heavy atom. The van der Waals surface area contributed by atoms with Gasteiger partial charge in [-0.2, -0.15) is 17.5 Å². The summed E-state index contributed by atoms with van der Waals surface area (Å²) in [6.45, 7) is 23.4. The fourth-order valence-corrected chi connectivity index (χ4v) is 5.85. The Bertz CT molecular complexity index is 349. The van der Waals surface area contributed by atoms with Gasteiger partial charge in [-0.3, -0.25) is 0 Å². The molecule has 22 heavy (non-hydrogen) atoms. The first-order chi connectivity index (χ1) is 9.59. The minimum atomic E-state index is 0. The SMILES string of the molecule is CC(C)C(C)[B-](C(C)C(C)C)[C@H]1C[C@H]2C[C@@H]([C@@H]1C)C2(C)C.[Li+]. The van der Waals surface area contributed by atoms with Gasteiger partial charge in [0.1, 0.15) is 0 Å². The van der Waals surface area contributed by atoms with Crippen molar-refractivity contribution in [3.63, 3.8) is 0 Å². The number of rotatable bonds is 5. The van der Waals surface area contributed by atoms with Crippen LogP contribution in [-0.2, 0) is 0 Å². The third-order valence-corrected chi connectivity index (χ3v) is 8.22. The van der Waals surface area contributed by atoms with E-state index in [0.29, 0.717) is 5.41 Å². The van der Waals surface area contributed by atoms with Crippen LogP contribution in [0.4, 0.5) is 0 Å². The first kappa shape index (κ1) is 20.7. The van der Waals surface area contributed by atoms with Gasteiger partial charge in [0.05, 0.1) is 0 Å². The molecular formula is C20H39BLi. The third kappa shape index (κ3) is 3.37. The molecule has 0 nitrogen and oxygen atoms in total. The van der Waals surface area contributed by atoms with Crippen molar-refractivity contribution >= 4 is 6.71 Å². The van der Waals surface area contributed by atoms with Gasteiger partial charge in [-0.25, -0.2) is 0 Å². The topological polar surface area (TPSA) is 0 Å². The molecule has 3 aliphatic carbocycles.